The Morgan fingerprint density at radius 3 is 2.00 bits per heavy atom. The van der Waals surface area contributed by atoms with Crippen LogP contribution in [0, 0.1) is 0 Å². The van der Waals surface area contributed by atoms with Crippen LogP contribution in [0.15, 0.2) is 0 Å². The molecule has 5 heteroatoms. The monoisotopic (exact) mass is 276 g/mol. The van der Waals surface area contributed by atoms with E-state index < -0.39 is 0 Å². The van der Waals surface area contributed by atoms with Crippen LogP contribution in [0.2, 0.25) is 0 Å². The first-order valence-corrected chi connectivity index (χ1v) is 7.42. The van der Waals surface area contributed by atoms with Crippen LogP contribution in [0.5, 0.6) is 0 Å². The zero-order valence-corrected chi connectivity index (χ0v) is 13.0. The van der Waals surface area contributed by atoms with Crippen molar-refractivity contribution in [1.29, 1.82) is 0 Å². The predicted octanol–water partition coefficient (Wildman–Crippen LogP) is 0.988. The lowest BCUT2D eigenvalue weighted by molar-refractivity contribution is 0.0831. The molecule has 116 valence electrons. The minimum absolute atomic E-state index is 0.786. The Labute approximate surface area is 118 Å². The first kappa shape index (κ1) is 18.8. The highest BCUT2D eigenvalue weighted by atomic mass is 16.5. The summed E-state index contributed by atoms with van der Waals surface area (Å²) in [7, 11) is 1.74. The van der Waals surface area contributed by atoms with Gasteiger partial charge in [0.15, 0.2) is 0 Å². The number of hydrogen-bond acceptors (Lipinski definition) is 5. The highest BCUT2D eigenvalue weighted by molar-refractivity contribution is 4.60. The van der Waals surface area contributed by atoms with Crippen molar-refractivity contribution < 1.29 is 14.2 Å². The van der Waals surface area contributed by atoms with Crippen molar-refractivity contribution >= 4 is 0 Å². The number of rotatable bonds is 15. The molecule has 0 rings (SSSR count). The average molecular weight is 276 g/mol. The molecule has 19 heavy (non-hydrogen) atoms. The molecule has 0 aliphatic heterocycles. The minimum atomic E-state index is 0.786. The molecule has 0 radical (unpaired) electrons. The second-order valence-corrected chi connectivity index (χ2v) is 4.33. The Morgan fingerprint density at radius 1 is 0.842 bits per heavy atom. The molecule has 0 atom stereocenters. The molecule has 0 aromatic rings. The number of nitrogens with zero attached hydrogens (tertiary/aromatic N) is 1. The average Bonchev–Trinajstić information content (AvgIpc) is 2.42. The van der Waals surface area contributed by atoms with Gasteiger partial charge in [-0.05, 0) is 26.8 Å². The number of methoxy groups -OCH3 is 1. The van der Waals surface area contributed by atoms with Crippen LogP contribution in [-0.2, 0) is 14.2 Å². The molecule has 0 aromatic heterocycles. The molecular formula is C14H32N2O3. The van der Waals surface area contributed by atoms with E-state index in [0.29, 0.717) is 0 Å². The van der Waals surface area contributed by atoms with Gasteiger partial charge in [-0.1, -0.05) is 0 Å². The van der Waals surface area contributed by atoms with Crippen molar-refractivity contribution in [3.05, 3.63) is 0 Å². The predicted molar refractivity (Wildman–Crippen MR) is 78.8 cm³/mol. The zero-order chi connectivity index (χ0) is 14.2. The number of ether oxygens (including phenoxy) is 3. The van der Waals surface area contributed by atoms with Crippen molar-refractivity contribution in [1.82, 2.24) is 10.2 Å². The van der Waals surface area contributed by atoms with Gasteiger partial charge in [-0.15, -0.1) is 0 Å². The Hall–Kier alpha value is -0.200. The van der Waals surface area contributed by atoms with E-state index in [0.717, 1.165) is 72.2 Å². The first-order valence-electron chi connectivity index (χ1n) is 7.42. The molecule has 0 spiro atoms. The van der Waals surface area contributed by atoms with Gasteiger partial charge in [-0.3, -0.25) is 4.90 Å². The van der Waals surface area contributed by atoms with Gasteiger partial charge in [-0.25, -0.2) is 0 Å². The Balaban J connectivity index is 3.58. The quantitative estimate of drug-likeness (QED) is 0.452. The van der Waals surface area contributed by atoms with Crippen LogP contribution >= 0.6 is 0 Å². The van der Waals surface area contributed by atoms with Crippen LogP contribution in [0.1, 0.15) is 20.3 Å². The number of nitrogens with one attached hydrogen (secondary N) is 1. The van der Waals surface area contributed by atoms with Crippen molar-refractivity contribution in [2.75, 3.05) is 72.9 Å². The first-order chi connectivity index (χ1) is 9.35. The van der Waals surface area contributed by atoms with Gasteiger partial charge in [0, 0.05) is 53.1 Å². The van der Waals surface area contributed by atoms with Gasteiger partial charge in [0.1, 0.15) is 0 Å². The maximum atomic E-state index is 5.41. The summed E-state index contributed by atoms with van der Waals surface area (Å²) in [6, 6.07) is 0. The highest BCUT2D eigenvalue weighted by Crippen LogP contribution is 1.90. The standard InChI is InChI=1S/C14H32N2O3/c1-4-18-13-10-16(11-14-19-5-2)9-8-15-7-6-12-17-3/h15H,4-14H2,1-3H3. The molecule has 0 unspecified atom stereocenters. The van der Waals surface area contributed by atoms with Crippen LogP contribution in [0.25, 0.3) is 0 Å². The van der Waals surface area contributed by atoms with E-state index in [2.05, 4.69) is 10.2 Å². The molecule has 0 aromatic carbocycles. The van der Waals surface area contributed by atoms with Crippen molar-refractivity contribution in [2.24, 2.45) is 0 Å². The molecule has 0 heterocycles. The molecule has 0 saturated carbocycles. The smallest absolute Gasteiger partial charge is 0.0593 e. The van der Waals surface area contributed by atoms with Crippen LogP contribution in [0.3, 0.4) is 0 Å². The van der Waals surface area contributed by atoms with E-state index in [1.165, 1.54) is 0 Å². The molecule has 0 fully saturated rings. The van der Waals surface area contributed by atoms with E-state index in [-0.39, 0.29) is 0 Å². The summed E-state index contributed by atoms with van der Waals surface area (Å²) in [5.41, 5.74) is 0. The molecule has 5 nitrogen and oxygen atoms in total. The molecule has 0 saturated heterocycles. The normalized spacial score (nSPS) is 11.4. The topological polar surface area (TPSA) is 43.0 Å². The summed E-state index contributed by atoms with van der Waals surface area (Å²) >= 11 is 0. The third kappa shape index (κ3) is 14.0. The minimum Gasteiger partial charge on any atom is -0.385 e. The molecule has 0 aliphatic rings. The molecule has 1 N–H and O–H groups in total. The fraction of sp³-hybridized carbons (Fsp3) is 1.00. The van der Waals surface area contributed by atoms with Crippen molar-refractivity contribution in [3.63, 3.8) is 0 Å². The summed E-state index contributed by atoms with van der Waals surface area (Å²) in [5, 5.41) is 3.43. The van der Waals surface area contributed by atoms with Crippen molar-refractivity contribution in [3.8, 4) is 0 Å². The van der Waals surface area contributed by atoms with E-state index in [9.17, 15) is 0 Å². The van der Waals surface area contributed by atoms with Gasteiger partial charge in [0.2, 0.25) is 0 Å². The van der Waals surface area contributed by atoms with Gasteiger partial charge in [0.25, 0.3) is 0 Å². The third-order valence-corrected chi connectivity index (χ3v) is 2.82. The molecular weight excluding hydrogens is 244 g/mol. The van der Waals surface area contributed by atoms with E-state index in [4.69, 9.17) is 14.2 Å². The van der Waals surface area contributed by atoms with Gasteiger partial charge in [0.05, 0.1) is 13.2 Å². The van der Waals surface area contributed by atoms with Gasteiger partial charge >= 0.3 is 0 Å². The SMILES string of the molecule is CCOCCN(CCNCCCOC)CCOCC. The fourth-order valence-electron chi connectivity index (χ4n) is 1.72. The second kappa shape index (κ2) is 15.9. The van der Waals surface area contributed by atoms with Gasteiger partial charge < -0.3 is 19.5 Å². The third-order valence-electron chi connectivity index (χ3n) is 2.82. The summed E-state index contributed by atoms with van der Waals surface area (Å²) < 4.78 is 15.8. The maximum Gasteiger partial charge on any atom is 0.0593 e. The maximum absolute atomic E-state index is 5.41. The van der Waals surface area contributed by atoms with E-state index >= 15 is 0 Å². The lowest BCUT2D eigenvalue weighted by atomic mass is 10.4. The number of hydrogen-bond donors (Lipinski definition) is 1. The summed E-state index contributed by atoms with van der Waals surface area (Å²) in [4.78, 5) is 2.38. The Morgan fingerprint density at radius 2 is 1.47 bits per heavy atom. The lowest BCUT2D eigenvalue weighted by Gasteiger charge is -2.22. The van der Waals surface area contributed by atoms with Crippen LogP contribution < -0.4 is 5.32 Å². The van der Waals surface area contributed by atoms with E-state index in [1.807, 2.05) is 13.8 Å². The van der Waals surface area contributed by atoms with Crippen molar-refractivity contribution in [2.45, 2.75) is 20.3 Å². The molecule has 0 bridgehead atoms. The zero-order valence-electron chi connectivity index (χ0n) is 13.0. The van der Waals surface area contributed by atoms with Gasteiger partial charge in [-0.2, -0.15) is 0 Å². The van der Waals surface area contributed by atoms with Crippen LogP contribution in [0.4, 0.5) is 0 Å². The van der Waals surface area contributed by atoms with Crippen LogP contribution in [-0.4, -0.2) is 77.8 Å². The Kier molecular flexibility index (Phi) is 15.7. The molecule has 0 aliphatic carbocycles. The summed E-state index contributed by atoms with van der Waals surface area (Å²) in [6.45, 7) is 13.0. The highest BCUT2D eigenvalue weighted by Gasteiger charge is 2.04. The summed E-state index contributed by atoms with van der Waals surface area (Å²) in [5.74, 6) is 0. The summed E-state index contributed by atoms with van der Waals surface area (Å²) in [6.07, 6.45) is 1.06. The lowest BCUT2D eigenvalue weighted by Crippen LogP contribution is -2.37. The fourth-order valence-corrected chi connectivity index (χ4v) is 1.72. The Bertz CT molecular complexity index is 161. The molecule has 0 amide bonds. The largest absolute Gasteiger partial charge is 0.385 e. The van der Waals surface area contributed by atoms with E-state index in [1.54, 1.807) is 7.11 Å². The second-order valence-electron chi connectivity index (χ2n) is 4.33.